The van der Waals surface area contributed by atoms with E-state index < -0.39 is 0 Å². The van der Waals surface area contributed by atoms with Crippen molar-refractivity contribution in [2.24, 2.45) is 5.73 Å². The molecule has 0 radical (unpaired) electrons. The molecule has 2 amide bonds. The maximum Gasteiger partial charge on any atom is 0.241 e. The third-order valence-corrected chi connectivity index (χ3v) is 4.28. The number of nitrogens with one attached hydrogen (secondary N) is 1. The van der Waals surface area contributed by atoms with Crippen molar-refractivity contribution in [2.45, 2.75) is 25.8 Å². The summed E-state index contributed by atoms with van der Waals surface area (Å²) in [6.07, 6.45) is 1.18. The molecule has 1 unspecified atom stereocenters. The lowest BCUT2D eigenvalue weighted by Gasteiger charge is -2.37. The minimum atomic E-state index is -0.384. The number of rotatable bonds is 6. The third-order valence-electron chi connectivity index (χ3n) is 4.28. The van der Waals surface area contributed by atoms with Gasteiger partial charge in [-0.05, 0) is 38.1 Å². The zero-order chi connectivity index (χ0) is 17.5. The first-order valence-corrected chi connectivity index (χ1v) is 8.29. The van der Waals surface area contributed by atoms with Crippen molar-refractivity contribution in [2.75, 3.05) is 38.0 Å². The van der Waals surface area contributed by atoms with Crippen molar-refractivity contribution < 1.29 is 14.0 Å². The Morgan fingerprint density at radius 2 is 2.00 bits per heavy atom. The van der Waals surface area contributed by atoms with Gasteiger partial charge in [0.15, 0.2) is 0 Å². The van der Waals surface area contributed by atoms with Crippen LogP contribution < -0.4 is 11.1 Å². The molecule has 0 bridgehead atoms. The van der Waals surface area contributed by atoms with E-state index in [9.17, 15) is 14.0 Å². The lowest BCUT2D eigenvalue weighted by molar-refractivity contribution is -0.133. The van der Waals surface area contributed by atoms with Gasteiger partial charge in [0, 0.05) is 38.3 Å². The van der Waals surface area contributed by atoms with Crippen LogP contribution in [0.3, 0.4) is 0 Å². The van der Waals surface area contributed by atoms with Crippen LogP contribution in [0.2, 0.25) is 0 Å². The van der Waals surface area contributed by atoms with Gasteiger partial charge in [0.25, 0.3) is 0 Å². The molecular weight excluding hydrogens is 311 g/mol. The van der Waals surface area contributed by atoms with E-state index in [0.717, 1.165) is 0 Å². The molecule has 6 nitrogen and oxygen atoms in total. The molecule has 1 heterocycles. The normalized spacial score (nSPS) is 16.7. The Labute approximate surface area is 141 Å². The summed E-state index contributed by atoms with van der Waals surface area (Å²) in [5.74, 6) is -0.439. The number of carbonyl (C=O) groups is 2. The molecule has 2 rings (SSSR count). The summed E-state index contributed by atoms with van der Waals surface area (Å²) in [5, 5.41) is 2.73. The van der Waals surface area contributed by atoms with E-state index in [2.05, 4.69) is 5.32 Å². The smallest absolute Gasteiger partial charge is 0.241 e. The van der Waals surface area contributed by atoms with E-state index in [1.165, 1.54) is 12.1 Å². The average Bonchev–Trinajstić information content (AvgIpc) is 2.59. The van der Waals surface area contributed by atoms with Gasteiger partial charge < -0.3 is 16.0 Å². The summed E-state index contributed by atoms with van der Waals surface area (Å²) < 4.78 is 13.2. The fourth-order valence-electron chi connectivity index (χ4n) is 2.75. The Kier molecular flexibility index (Phi) is 6.69. The first-order chi connectivity index (χ1) is 11.5. The maximum atomic E-state index is 13.2. The molecule has 0 spiro atoms. The molecule has 1 aromatic carbocycles. The highest BCUT2D eigenvalue weighted by molar-refractivity contribution is 5.94. The van der Waals surface area contributed by atoms with Gasteiger partial charge in [-0.3, -0.25) is 14.5 Å². The highest BCUT2D eigenvalue weighted by Crippen LogP contribution is 2.13. The summed E-state index contributed by atoms with van der Waals surface area (Å²) in [4.78, 5) is 28.1. The fraction of sp³-hybridized carbons (Fsp3) is 0.529. The van der Waals surface area contributed by atoms with E-state index in [1.807, 2.05) is 16.7 Å². The fourth-order valence-corrected chi connectivity index (χ4v) is 2.75. The number of halogens is 1. The number of hydrogen-bond donors (Lipinski definition) is 2. The number of anilines is 1. The molecule has 1 aliphatic heterocycles. The number of piperazine rings is 1. The first kappa shape index (κ1) is 18.4. The van der Waals surface area contributed by atoms with Gasteiger partial charge in [-0.2, -0.15) is 0 Å². The standard InChI is InChI=1S/C17H25FN4O2/c1-13(17(24)20-15-5-2-4-14(18)12-15)21-8-10-22(11-9-21)16(23)6-3-7-19/h2,4-5,12-13H,3,6-11,19H2,1H3,(H,20,24). The van der Waals surface area contributed by atoms with Gasteiger partial charge in [-0.25, -0.2) is 4.39 Å². The van der Waals surface area contributed by atoms with Gasteiger partial charge in [-0.1, -0.05) is 6.07 Å². The highest BCUT2D eigenvalue weighted by atomic mass is 19.1. The molecule has 0 aromatic heterocycles. The number of hydrogen-bond acceptors (Lipinski definition) is 4. The number of amides is 2. The van der Waals surface area contributed by atoms with E-state index in [4.69, 9.17) is 5.73 Å². The van der Waals surface area contributed by atoms with Crippen molar-refractivity contribution in [1.82, 2.24) is 9.80 Å². The van der Waals surface area contributed by atoms with Crippen LogP contribution in [0.25, 0.3) is 0 Å². The van der Waals surface area contributed by atoms with Crippen molar-refractivity contribution in [1.29, 1.82) is 0 Å². The second kappa shape index (κ2) is 8.75. The molecule has 1 atom stereocenters. The van der Waals surface area contributed by atoms with Gasteiger partial charge >= 0.3 is 0 Å². The molecule has 1 aromatic rings. The van der Waals surface area contributed by atoms with Crippen LogP contribution in [0.5, 0.6) is 0 Å². The van der Waals surface area contributed by atoms with E-state index in [0.29, 0.717) is 51.3 Å². The lowest BCUT2D eigenvalue weighted by atomic mass is 10.2. The Hall–Kier alpha value is -1.99. The summed E-state index contributed by atoms with van der Waals surface area (Å²) >= 11 is 0. The Bertz CT molecular complexity index is 573. The van der Waals surface area contributed by atoms with E-state index in [1.54, 1.807) is 12.1 Å². The molecule has 0 saturated carbocycles. The van der Waals surface area contributed by atoms with Gasteiger partial charge in [-0.15, -0.1) is 0 Å². The predicted molar refractivity (Wildman–Crippen MR) is 90.9 cm³/mol. The van der Waals surface area contributed by atoms with Crippen molar-refractivity contribution in [3.8, 4) is 0 Å². The van der Waals surface area contributed by atoms with Crippen molar-refractivity contribution >= 4 is 17.5 Å². The van der Waals surface area contributed by atoms with Gasteiger partial charge in [0.1, 0.15) is 5.82 Å². The molecule has 1 saturated heterocycles. The first-order valence-electron chi connectivity index (χ1n) is 8.29. The quantitative estimate of drug-likeness (QED) is 0.813. The third kappa shape index (κ3) is 5.01. The summed E-state index contributed by atoms with van der Waals surface area (Å²) in [7, 11) is 0. The van der Waals surface area contributed by atoms with E-state index in [-0.39, 0.29) is 23.7 Å². The van der Waals surface area contributed by atoms with E-state index >= 15 is 0 Å². The monoisotopic (exact) mass is 336 g/mol. The van der Waals surface area contributed by atoms with Crippen LogP contribution in [-0.2, 0) is 9.59 Å². The summed E-state index contributed by atoms with van der Waals surface area (Å²) in [6, 6.07) is 5.50. The van der Waals surface area contributed by atoms with Crippen LogP contribution in [0.1, 0.15) is 19.8 Å². The second-order valence-electron chi connectivity index (χ2n) is 5.98. The molecular formula is C17H25FN4O2. The van der Waals surface area contributed by atoms with Crippen LogP contribution in [-0.4, -0.2) is 60.4 Å². The van der Waals surface area contributed by atoms with Crippen LogP contribution in [0.15, 0.2) is 24.3 Å². The zero-order valence-corrected chi connectivity index (χ0v) is 14.0. The second-order valence-corrected chi connectivity index (χ2v) is 5.98. The average molecular weight is 336 g/mol. The van der Waals surface area contributed by atoms with Crippen LogP contribution in [0.4, 0.5) is 10.1 Å². The Balaban J connectivity index is 1.82. The summed E-state index contributed by atoms with van der Waals surface area (Å²) in [5.41, 5.74) is 5.87. The molecule has 7 heteroatoms. The van der Waals surface area contributed by atoms with Crippen molar-refractivity contribution in [3.63, 3.8) is 0 Å². The topological polar surface area (TPSA) is 78.7 Å². The number of carbonyl (C=O) groups excluding carboxylic acids is 2. The molecule has 0 aliphatic carbocycles. The molecule has 1 fully saturated rings. The molecule has 1 aliphatic rings. The van der Waals surface area contributed by atoms with Crippen LogP contribution in [0, 0.1) is 5.82 Å². The van der Waals surface area contributed by atoms with Crippen LogP contribution >= 0.6 is 0 Å². The predicted octanol–water partition coefficient (Wildman–Crippen LogP) is 1.04. The minimum absolute atomic E-state index is 0.122. The van der Waals surface area contributed by atoms with Crippen molar-refractivity contribution in [3.05, 3.63) is 30.1 Å². The zero-order valence-electron chi connectivity index (χ0n) is 14.0. The number of benzene rings is 1. The maximum absolute atomic E-state index is 13.2. The number of nitrogens with zero attached hydrogens (tertiary/aromatic N) is 2. The molecule has 132 valence electrons. The lowest BCUT2D eigenvalue weighted by Crippen LogP contribution is -2.54. The SMILES string of the molecule is CC(C(=O)Nc1cccc(F)c1)N1CCN(C(=O)CCCN)CC1. The Morgan fingerprint density at radius 3 is 2.62 bits per heavy atom. The molecule has 24 heavy (non-hydrogen) atoms. The minimum Gasteiger partial charge on any atom is -0.340 e. The largest absolute Gasteiger partial charge is 0.340 e. The Morgan fingerprint density at radius 1 is 1.29 bits per heavy atom. The summed E-state index contributed by atoms with van der Waals surface area (Å²) in [6.45, 7) is 4.85. The highest BCUT2D eigenvalue weighted by Gasteiger charge is 2.27. The van der Waals surface area contributed by atoms with Gasteiger partial charge in [0.05, 0.1) is 6.04 Å². The van der Waals surface area contributed by atoms with Gasteiger partial charge in [0.2, 0.25) is 11.8 Å². The number of nitrogens with two attached hydrogens (primary N) is 1. The molecule has 3 N–H and O–H groups in total.